The van der Waals surface area contributed by atoms with Crippen LogP contribution in [0.1, 0.15) is 36.7 Å². The Labute approximate surface area is 175 Å². The van der Waals surface area contributed by atoms with Crippen LogP contribution in [-0.4, -0.2) is 48.7 Å². The molecule has 1 aromatic carbocycles. The van der Waals surface area contributed by atoms with Crippen LogP contribution in [0.5, 0.6) is 0 Å². The molecule has 1 fully saturated rings. The second-order valence-electron chi connectivity index (χ2n) is 7.86. The molecule has 3 aromatic rings. The third-order valence-corrected chi connectivity index (χ3v) is 6.46. The quantitative estimate of drug-likeness (QED) is 0.601. The molecule has 152 valence electrons. The summed E-state index contributed by atoms with van der Waals surface area (Å²) >= 11 is 1.41. The first-order chi connectivity index (χ1) is 14.0. The number of rotatable bonds is 5. The summed E-state index contributed by atoms with van der Waals surface area (Å²) in [7, 11) is 0. The van der Waals surface area contributed by atoms with Crippen LogP contribution in [0.15, 0.2) is 41.6 Å². The molecule has 0 N–H and O–H groups in total. The zero-order valence-corrected chi connectivity index (χ0v) is 18.0. The highest BCUT2D eigenvalue weighted by atomic mass is 32.2. The summed E-state index contributed by atoms with van der Waals surface area (Å²) in [6.45, 7) is 7.54. The first-order valence-corrected chi connectivity index (χ1v) is 11.1. The third-order valence-electron chi connectivity index (χ3n) is 5.52. The molecule has 7 heteroatoms. The van der Waals surface area contributed by atoms with E-state index in [0.717, 1.165) is 43.7 Å². The number of piperidine rings is 1. The van der Waals surface area contributed by atoms with E-state index in [1.54, 1.807) is 4.52 Å². The first kappa shape index (κ1) is 19.9. The molecule has 1 unspecified atom stereocenters. The highest BCUT2D eigenvalue weighted by molar-refractivity contribution is 8.00. The van der Waals surface area contributed by atoms with Crippen molar-refractivity contribution >= 4 is 23.4 Å². The average Bonchev–Trinajstić information content (AvgIpc) is 3.11. The number of carbonyl (C=O) groups excluding carboxylic acids is 1. The number of hydrogen-bond acceptors (Lipinski definition) is 5. The molecule has 2 aromatic heterocycles. The maximum atomic E-state index is 12.9. The van der Waals surface area contributed by atoms with Crippen LogP contribution in [0.25, 0.3) is 5.78 Å². The zero-order chi connectivity index (χ0) is 20.4. The number of aromatic nitrogens is 4. The molecule has 29 heavy (non-hydrogen) atoms. The van der Waals surface area contributed by atoms with E-state index >= 15 is 0 Å². The molecular weight excluding hydrogens is 382 g/mol. The largest absolute Gasteiger partial charge is 0.342 e. The average molecular weight is 410 g/mol. The minimum atomic E-state index is -0.209. The van der Waals surface area contributed by atoms with Crippen LogP contribution in [-0.2, 0) is 11.2 Å². The van der Waals surface area contributed by atoms with Gasteiger partial charge in [-0.2, -0.15) is 4.98 Å². The normalized spacial score (nSPS) is 16.3. The smallest absolute Gasteiger partial charge is 0.253 e. The van der Waals surface area contributed by atoms with Gasteiger partial charge in [-0.05, 0) is 57.6 Å². The van der Waals surface area contributed by atoms with Crippen LogP contribution >= 0.6 is 11.8 Å². The fourth-order valence-corrected chi connectivity index (χ4v) is 4.80. The van der Waals surface area contributed by atoms with Crippen LogP contribution in [0.4, 0.5) is 0 Å². The number of hydrogen-bond donors (Lipinski definition) is 0. The monoisotopic (exact) mass is 409 g/mol. The Bertz CT molecular complexity index is 995. The van der Waals surface area contributed by atoms with Crippen LogP contribution in [0.3, 0.4) is 0 Å². The van der Waals surface area contributed by atoms with E-state index in [-0.39, 0.29) is 11.2 Å². The van der Waals surface area contributed by atoms with Gasteiger partial charge in [-0.15, -0.1) is 5.10 Å². The highest BCUT2D eigenvalue weighted by Gasteiger charge is 2.27. The maximum Gasteiger partial charge on any atom is 0.253 e. The Balaban J connectivity index is 1.33. The molecule has 1 saturated heterocycles. The Hall–Kier alpha value is -2.41. The minimum absolute atomic E-state index is 0.174. The van der Waals surface area contributed by atoms with Crippen molar-refractivity contribution in [1.29, 1.82) is 0 Å². The van der Waals surface area contributed by atoms with Gasteiger partial charge >= 0.3 is 0 Å². The topological polar surface area (TPSA) is 63.4 Å². The molecule has 4 rings (SSSR count). The van der Waals surface area contributed by atoms with Gasteiger partial charge in [0.25, 0.3) is 5.78 Å². The molecule has 0 bridgehead atoms. The Kier molecular flexibility index (Phi) is 5.85. The number of benzene rings is 1. The van der Waals surface area contributed by atoms with Crippen molar-refractivity contribution in [1.82, 2.24) is 24.5 Å². The predicted octanol–water partition coefficient (Wildman–Crippen LogP) is 3.70. The van der Waals surface area contributed by atoms with Gasteiger partial charge in [-0.3, -0.25) is 4.79 Å². The molecule has 1 atom stereocenters. The Morgan fingerprint density at radius 1 is 1.17 bits per heavy atom. The summed E-state index contributed by atoms with van der Waals surface area (Å²) < 4.78 is 1.74. The van der Waals surface area contributed by atoms with Gasteiger partial charge in [-0.25, -0.2) is 9.50 Å². The molecule has 3 heterocycles. The Morgan fingerprint density at radius 2 is 1.90 bits per heavy atom. The molecule has 0 aliphatic carbocycles. The van der Waals surface area contributed by atoms with Crippen LogP contribution < -0.4 is 0 Å². The van der Waals surface area contributed by atoms with E-state index in [1.165, 1.54) is 17.3 Å². The lowest BCUT2D eigenvalue weighted by molar-refractivity contribution is -0.131. The summed E-state index contributed by atoms with van der Waals surface area (Å²) in [5.74, 6) is 1.42. The van der Waals surface area contributed by atoms with Crippen molar-refractivity contribution in [3.05, 3.63) is 53.3 Å². The summed E-state index contributed by atoms with van der Waals surface area (Å²) in [5, 5.41) is 4.91. The van der Waals surface area contributed by atoms with Crippen molar-refractivity contribution in [2.75, 3.05) is 13.1 Å². The number of nitrogens with zero attached hydrogens (tertiary/aromatic N) is 5. The number of likely N-dealkylation sites (tertiary alicyclic amines) is 1. The lowest BCUT2D eigenvalue weighted by Gasteiger charge is -2.33. The molecule has 6 nitrogen and oxygen atoms in total. The molecule has 1 amide bonds. The highest BCUT2D eigenvalue weighted by Crippen LogP contribution is 2.26. The summed E-state index contributed by atoms with van der Waals surface area (Å²) in [6.07, 6.45) is 3.23. The van der Waals surface area contributed by atoms with E-state index in [1.807, 2.05) is 31.7 Å². The second-order valence-corrected chi connectivity index (χ2v) is 9.17. The van der Waals surface area contributed by atoms with Gasteiger partial charge in [-0.1, -0.05) is 42.1 Å². The van der Waals surface area contributed by atoms with Gasteiger partial charge in [0.1, 0.15) is 0 Å². The number of fused-ring (bicyclic) bond motifs is 1. The molecule has 0 spiro atoms. The standard InChI is InChI=1S/C22H27N5OS/c1-15-13-16(2)27-21(23-15)24-22(25-27)29-17(3)20(28)26-11-9-19(10-12-26)14-18-7-5-4-6-8-18/h4-8,13,17,19H,9-12,14H2,1-3H3. The van der Waals surface area contributed by atoms with Crippen molar-refractivity contribution in [2.45, 2.75) is 50.4 Å². The van der Waals surface area contributed by atoms with Crippen molar-refractivity contribution in [3.8, 4) is 0 Å². The summed E-state index contributed by atoms with van der Waals surface area (Å²) in [6, 6.07) is 12.6. The zero-order valence-electron chi connectivity index (χ0n) is 17.2. The predicted molar refractivity (Wildman–Crippen MR) is 115 cm³/mol. The fourth-order valence-electron chi connectivity index (χ4n) is 3.97. The van der Waals surface area contributed by atoms with Gasteiger partial charge in [0, 0.05) is 24.5 Å². The van der Waals surface area contributed by atoms with E-state index in [9.17, 15) is 4.79 Å². The number of aryl methyl sites for hydroxylation is 2. The second kappa shape index (κ2) is 8.53. The van der Waals surface area contributed by atoms with Crippen LogP contribution in [0.2, 0.25) is 0 Å². The van der Waals surface area contributed by atoms with E-state index in [2.05, 4.69) is 45.4 Å². The van der Waals surface area contributed by atoms with Crippen LogP contribution in [0, 0.1) is 19.8 Å². The molecular formula is C22H27N5OS. The van der Waals surface area contributed by atoms with Gasteiger partial charge < -0.3 is 4.90 Å². The van der Waals surface area contributed by atoms with Crippen molar-refractivity contribution in [2.24, 2.45) is 5.92 Å². The Morgan fingerprint density at radius 3 is 2.62 bits per heavy atom. The fraction of sp³-hybridized carbons (Fsp3) is 0.455. The molecule has 1 aliphatic rings. The molecule has 1 aliphatic heterocycles. The van der Waals surface area contributed by atoms with E-state index in [0.29, 0.717) is 16.9 Å². The number of amides is 1. The lowest BCUT2D eigenvalue weighted by Crippen LogP contribution is -2.42. The summed E-state index contributed by atoms with van der Waals surface area (Å²) in [4.78, 5) is 23.8. The SMILES string of the molecule is Cc1cc(C)n2nc(SC(C)C(=O)N3CCC(Cc4ccccc4)CC3)nc2n1. The first-order valence-electron chi connectivity index (χ1n) is 10.2. The minimum Gasteiger partial charge on any atom is -0.342 e. The van der Waals surface area contributed by atoms with E-state index in [4.69, 9.17) is 0 Å². The van der Waals surface area contributed by atoms with E-state index < -0.39 is 0 Å². The van der Waals surface area contributed by atoms with Gasteiger partial charge in [0.05, 0.1) is 5.25 Å². The number of thioether (sulfide) groups is 1. The van der Waals surface area contributed by atoms with Crippen molar-refractivity contribution < 1.29 is 4.79 Å². The number of carbonyl (C=O) groups is 1. The van der Waals surface area contributed by atoms with Gasteiger partial charge in [0.15, 0.2) is 0 Å². The third kappa shape index (κ3) is 4.61. The maximum absolute atomic E-state index is 12.9. The molecule has 0 radical (unpaired) electrons. The van der Waals surface area contributed by atoms with Crippen molar-refractivity contribution in [3.63, 3.8) is 0 Å². The van der Waals surface area contributed by atoms with Gasteiger partial charge in [0.2, 0.25) is 11.1 Å². The summed E-state index contributed by atoms with van der Waals surface area (Å²) in [5.41, 5.74) is 3.30. The molecule has 0 saturated carbocycles. The lowest BCUT2D eigenvalue weighted by atomic mass is 9.90.